The van der Waals surface area contributed by atoms with Crippen molar-refractivity contribution in [2.24, 2.45) is 0 Å². The average Bonchev–Trinajstić information content (AvgIpc) is 2.80. The van der Waals surface area contributed by atoms with Crippen LogP contribution in [0.15, 0.2) is 44.3 Å². The molecule has 0 bridgehead atoms. The van der Waals surface area contributed by atoms with Gasteiger partial charge in [0.25, 0.3) is 5.56 Å². The van der Waals surface area contributed by atoms with E-state index < -0.39 is 5.97 Å². The van der Waals surface area contributed by atoms with E-state index >= 15 is 0 Å². The number of rotatable bonds is 4. The van der Waals surface area contributed by atoms with Gasteiger partial charge in [-0.05, 0) is 35.0 Å². The van der Waals surface area contributed by atoms with Crippen molar-refractivity contribution < 1.29 is 13.9 Å². The quantitative estimate of drug-likeness (QED) is 0.810. The Hall–Kier alpha value is -1.82. The van der Waals surface area contributed by atoms with Gasteiger partial charge in [-0.2, -0.15) is 0 Å². The van der Waals surface area contributed by atoms with E-state index in [9.17, 15) is 9.59 Å². The third kappa shape index (κ3) is 3.35. The lowest BCUT2D eigenvalue weighted by Crippen LogP contribution is -2.21. The molecule has 0 aliphatic heterocycles. The molecule has 0 spiro atoms. The summed E-state index contributed by atoms with van der Waals surface area (Å²) in [6, 6.07) is 4.80. The monoisotopic (exact) mass is 325 g/mol. The molecule has 0 radical (unpaired) electrons. The molecule has 0 aliphatic carbocycles. The molecule has 5 nitrogen and oxygen atoms in total. The Bertz CT molecular complexity index is 644. The number of furan rings is 1. The highest BCUT2D eigenvalue weighted by atomic mass is 79.9. The highest BCUT2D eigenvalue weighted by molar-refractivity contribution is 9.10. The zero-order valence-electron chi connectivity index (χ0n) is 10.3. The van der Waals surface area contributed by atoms with Crippen LogP contribution in [-0.2, 0) is 11.3 Å². The zero-order valence-corrected chi connectivity index (χ0v) is 11.8. The van der Waals surface area contributed by atoms with Crippen molar-refractivity contribution in [1.82, 2.24) is 4.57 Å². The lowest BCUT2D eigenvalue weighted by atomic mass is 10.3. The molecule has 2 aromatic heterocycles. The Kier molecular flexibility index (Phi) is 4.21. The summed E-state index contributed by atoms with van der Waals surface area (Å²) >= 11 is 3.28. The van der Waals surface area contributed by atoms with E-state index in [1.54, 1.807) is 25.3 Å². The van der Waals surface area contributed by atoms with Crippen molar-refractivity contribution in [1.29, 1.82) is 0 Å². The summed E-state index contributed by atoms with van der Waals surface area (Å²) in [7, 11) is 0. The maximum atomic E-state index is 11.7. The number of aromatic nitrogens is 1. The number of carbonyl (C=O) groups excluding carboxylic acids is 1. The van der Waals surface area contributed by atoms with E-state index in [1.807, 2.05) is 0 Å². The van der Waals surface area contributed by atoms with Gasteiger partial charge in [0.05, 0.1) is 12.8 Å². The molecule has 0 aliphatic rings. The van der Waals surface area contributed by atoms with Crippen molar-refractivity contribution in [3.8, 4) is 0 Å². The average molecular weight is 326 g/mol. The molecule has 0 saturated heterocycles. The zero-order chi connectivity index (χ0) is 13.8. The normalized spacial score (nSPS) is 10.4. The molecule has 0 aromatic carbocycles. The van der Waals surface area contributed by atoms with Crippen LogP contribution in [0.4, 0.5) is 0 Å². The van der Waals surface area contributed by atoms with Gasteiger partial charge in [0.1, 0.15) is 6.61 Å². The summed E-state index contributed by atoms with van der Waals surface area (Å²) in [5.41, 5.74) is 0.582. The number of halogens is 1. The second-order valence-corrected chi connectivity index (χ2v) is 4.86. The van der Waals surface area contributed by atoms with Crippen molar-refractivity contribution in [3.05, 3.63) is 56.8 Å². The van der Waals surface area contributed by atoms with Gasteiger partial charge in [0, 0.05) is 22.3 Å². The summed E-state index contributed by atoms with van der Waals surface area (Å²) in [6.07, 6.45) is 3.08. The van der Waals surface area contributed by atoms with Gasteiger partial charge < -0.3 is 13.7 Å². The maximum Gasteiger partial charge on any atom is 0.374 e. The number of nitrogens with zero attached hydrogens (tertiary/aromatic N) is 1. The second kappa shape index (κ2) is 5.88. The molecular formula is C13H12BrNO4. The molecule has 0 N–H and O–H groups in total. The fourth-order valence-electron chi connectivity index (χ4n) is 1.56. The smallest absolute Gasteiger partial charge is 0.374 e. The topological polar surface area (TPSA) is 61.4 Å². The lowest BCUT2D eigenvalue weighted by Gasteiger charge is -2.06. The SMILES string of the molecule is Cc1ccoc1C(=O)OCCn1cc(Br)ccc1=O. The van der Waals surface area contributed by atoms with Crippen LogP contribution in [0.1, 0.15) is 16.1 Å². The van der Waals surface area contributed by atoms with E-state index in [0.29, 0.717) is 6.54 Å². The van der Waals surface area contributed by atoms with Crippen LogP contribution in [0.3, 0.4) is 0 Å². The molecule has 19 heavy (non-hydrogen) atoms. The highest BCUT2D eigenvalue weighted by Gasteiger charge is 2.13. The van der Waals surface area contributed by atoms with Crippen molar-refractivity contribution in [2.75, 3.05) is 6.61 Å². The summed E-state index contributed by atoms with van der Waals surface area (Å²) in [4.78, 5) is 23.2. The Morgan fingerprint density at radius 2 is 2.21 bits per heavy atom. The van der Waals surface area contributed by atoms with Crippen LogP contribution in [0.2, 0.25) is 0 Å². The molecule has 2 heterocycles. The Labute approximate surface area is 117 Å². The van der Waals surface area contributed by atoms with Gasteiger partial charge in [-0.3, -0.25) is 4.79 Å². The number of carbonyl (C=O) groups is 1. The number of esters is 1. The van der Waals surface area contributed by atoms with Gasteiger partial charge in [-0.15, -0.1) is 0 Å². The number of hydrogen-bond donors (Lipinski definition) is 0. The molecule has 2 aromatic rings. The standard InChI is InChI=1S/C13H12BrNO4/c1-9-4-6-18-12(9)13(17)19-7-5-15-8-10(14)2-3-11(15)16/h2-4,6,8H,5,7H2,1H3. The minimum absolute atomic E-state index is 0.106. The predicted octanol–water partition coefficient (Wildman–Crippen LogP) is 2.37. The van der Waals surface area contributed by atoms with Gasteiger partial charge in [0.15, 0.2) is 0 Å². The number of hydrogen-bond acceptors (Lipinski definition) is 4. The lowest BCUT2D eigenvalue weighted by molar-refractivity contribution is 0.0453. The minimum atomic E-state index is -0.523. The third-order valence-corrected chi connectivity index (χ3v) is 3.03. The molecular weight excluding hydrogens is 314 g/mol. The van der Waals surface area contributed by atoms with Crippen LogP contribution >= 0.6 is 15.9 Å². The molecule has 0 unspecified atom stereocenters. The van der Waals surface area contributed by atoms with E-state index in [1.165, 1.54) is 16.9 Å². The largest absolute Gasteiger partial charge is 0.458 e. The van der Waals surface area contributed by atoms with E-state index in [4.69, 9.17) is 9.15 Å². The van der Waals surface area contributed by atoms with Gasteiger partial charge in [-0.1, -0.05) is 0 Å². The summed E-state index contributed by atoms with van der Waals surface area (Å²) < 4.78 is 12.3. The van der Waals surface area contributed by atoms with Gasteiger partial charge in [0.2, 0.25) is 5.76 Å². The number of ether oxygens (including phenoxy) is 1. The second-order valence-electron chi connectivity index (χ2n) is 3.95. The molecule has 6 heteroatoms. The minimum Gasteiger partial charge on any atom is -0.458 e. The first-order chi connectivity index (χ1) is 9.08. The van der Waals surface area contributed by atoms with E-state index in [0.717, 1.165) is 10.0 Å². The fraction of sp³-hybridized carbons (Fsp3) is 0.231. The van der Waals surface area contributed by atoms with Gasteiger partial charge >= 0.3 is 5.97 Å². The molecule has 0 atom stereocenters. The third-order valence-electron chi connectivity index (χ3n) is 2.56. The first-order valence-corrected chi connectivity index (χ1v) is 6.44. The summed E-state index contributed by atoms with van der Waals surface area (Å²) in [5.74, 6) is -0.327. The summed E-state index contributed by atoms with van der Waals surface area (Å²) in [5, 5.41) is 0. The van der Waals surface area contributed by atoms with Crippen molar-refractivity contribution in [2.45, 2.75) is 13.5 Å². The Morgan fingerprint density at radius 3 is 2.89 bits per heavy atom. The first kappa shape index (κ1) is 13.6. The molecule has 0 saturated carbocycles. The number of aryl methyl sites for hydroxylation is 1. The Balaban J connectivity index is 1.94. The fourth-order valence-corrected chi connectivity index (χ4v) is 1.94. The molecule has 2 rings (SSSR count). The van der Waals surface area contributed by atoms with E-state index in [-0.39, 0.29) is 17.9 Å². The van der Waals surface area contributed by atoms with Gasteiger partial charge in [-0.25, -0.2) is 4.79 Å². The van der Waals surface area contributed by atoms with Crippen molar-refractivity contribution >= 4 is 21.9 Å². The van der Waals surface area contributed by atoms with Crippen LogP contribution in [-0.4, -0.2) is 17.1 Å². The highest BCUT2D eigenvalue weighted by Crippen LogP contribution is 2.10. The van der Waals surface area contributed by atoms with Crippen LogP contribution < -0.4 is 5.56 Å². The summed E-state index contributed by atoms with van der Waals surface area (Å²) in [6.45, 7) is 2.16. The first-order valence-electron chi connectivity index (χ1n) is 5.65. The maximum absolute atomic E-state index is 11.7. The van der Waals surface area contributed by atoms with Crippen LogP contribution in [0.5, 0.6) is 0 Å². The molecule has 0 amide bonds. The van der Waals surface area contributed by atoms with Crippen LogP contribution in [0.25, 0.3) is 0 Å². The van der Waals surface area contributed by atoms with E-state index in [2.05, 4.69) is 15.9 Å². The molecule has 0 fully saturated rings. The Morgan fingerprint density at radius 1 is 1.42 bits per heavy atom. The van der Waals surface area contributed by atoms with Crippen LogP contribution in [0, 0.1) is 6.92 Å². The molecule has 100 valence electrons. The predicted molar refractivity (Wildman–Crippen MR) is 72.1 cm³/mol. The van der Waals surface area contributed by atoms with Crippen molar-refractivity contribution in [3.63, 3.8) is 0 Å². The number of pyridine rings is 1.